The van der Waals surface area contributed by atoms with Gasteiger partial charge in [-0.15, -0.1) is 0 Å². The zero-order valence-electron chi connectivity index (χ0n) is 10.8. The number of hydrogen-bond donors (Lipinski definition) is 1. The molecule has 18 heavy (non-hydrogen) atoms. The van der Waals surface area contributed by atoms with Crippen molar-refractivity contribution in [2.45, 2.75) is 19.8 Å². The number of hydrogen-bond acceptors (Lipinski definition) is 3. The van der Waals surface area contributed by atoms with Crippen LogP contribution < -0.4 is 10.1 Å². The minimum atomic E-state index is 0.664. The highest BCUT2D eigenvalue weighted by Gasteiger charge is 2.35. The fourth-order valence-electron chi connectivity index (χ4n) is 3.10. The van der Waals surface area contributed by atoms with Gasteiger partial charge in [0, 0.05) is 12.6 Å². The van der Waals surface area contributed by atoms with Crippen molar-refractivity contribution in [1.29, 1.82) is 0 Å². The van der Waals surface area contributed by atoms with Crippen LogP contribution in [0.25, 0.3) is 0 Å². The van der Waals surface area contributed by atoms with Gasteiger partial charge in [-0.25, -0.2) is 4.98 Å². The van der Waals surface area contributed by atoms with E-state index in [1.807, 2.05) is 25.3 Å². The number of nitrogens with zero attached hydrogens (tertiary/aromatic N) is 1. The number of pyridine rings is 1. The Kier molecular flexibility index (Phi) is 3.22. The van der Waals surface area contributed by atoms with Gasteiger partial charge in [-0.2, -0.15) is 0 Å². The maximum absolute atomic E-state index is 5.33. The lowest BCUT2D eigenvalue weighted by Crippen LogP contribution is -2.18. The van der Waals surface area contributed by atoms with Crippen LogP contribution in [-0.4, -0.2) is 18.1 Å². The van der Waals surface area contributed by atoms with E-state index in [1.165, 1.54) is 12.8 Å². The molecule has 0 spiro atoms. The number of nitrogens with one attached hydrogen (secondary N) is 1. The molecule has 2 aliphatic carbocycles. The van der Waals surface area contributed by atoms with Gasteiger partial charge in [-0.1, -0.05) is 12.2 Å². The summed E-state index contributed by atoms with van der Waals surface area (Å²) >= 11 is 0. The molecular formula is C15H20N2O. The Labute approximate surface area is 108 Å². The molecule has 2 aliphatic rings. The van der Waals surface area contributed by atoms with Crippen molar-refractivity contribution < 1.29 is 4.74 Å². The Hall–Kier alpha value is -1.51. The molecule has 3 heteroatoms. The number of aromatic nitrogens is 1. The molecule has 0 radical (unpaired) electrons. The predicted molar refractivity (Wildman–Crippen MR) is 72.7 cm³/mol. The molecule has 3 unspecified atom stereocenters. The van der Waals surface area contributed by atoms with Gasteiger partial charge in [0.25, 0.3) is 0 Å². The number of ether oxygens (including phenoxy) is 1. The molecule has 1 aromatic rings. The first-order valence-electron chi connectivity index (χ1n) is 6.86. The zero-order chi connectivity index (χ0) is 12.4. The third-order valence-corrected chi connectivity index (χ3v) is 4.01. The molecule has 2 bridgehead atoms. The Morgan fingerprint density at radius 3 is 2.89 bits per heavy atom. The van der Waals surface area contributed by atoms with Crippen molar-refractivity contribution in [3.05, 3.63) is 30.5 Å². The molecule has 1 heterocycles. The highest BCUT2D eigenvalue weighted by atomic mass is 16.5. The lowest BCUT2D eigenvalue weighted by Gasteiger charge is -2.19. The maximum Gasteiger partial charge on any atom is 0.213 e. The Morgan fingerprint density at radius 2 is 2.28 bits per heavy atom. The standard InChI is InChI=1S/C15H20N2O/c1-2-18-15-6-5-14(10-17-15)16-9-13-8-11-3-4-12(13)7-11/h3-6,10-13,16H,2,7-9H2,1H3. The van der Waals surface area contributed by atoms with Crippen molar-refractivity contribution in [3.63, 3.8) is 0 Å². The summed E-state index contributed by atoms with van der Waals surface area (Å²) in [5.74, 6) is 3.15. The molecule has 0 amide bonds. The van der Waals surface area contributed by atoms with Crippen LogP contribution in [0.3, 0.4) is 0 Å². The van der Waals surface area contributed by atoms with Crippen molar-refractivity contribution >= 4 is 5.69 Å². The summed E-state index contributed by atoms with van der Waals surface area (Å²) in [6.07, 6.45) is 9.36. The largest absolute Gasteiger partial charge is 0.478 e. The van der Waals surface area contributed by atoms with Gasteiger partial charge in [0.1, 0.15) is 0 Å². The van der Waals surface area contributed by atoms with Gasteiger partial charge in [-0.05, 0) is 43.6 Å². The second kappa shape index (κ2) is 5.01. The molecule has 96 valence electrons. The van der Waals surface area contributed by atoms with Crippen molar-refractivity contribution in [3.8, 4) is 5.88 Å². The van der Waals surface area contributed by atoms with Crippen LogP contribution >= 0.6 is 0 Å². The van der Waals surface area contributed by atoms with E-state index < -0.39 is 0 Å². The minimum absolute atomic E-state index is 0.664. The maximum atomic E-state index is 5.33. The van der Waals surface area contributed by atoms with E-state index in [9.17, 15) is 0 Å². The number of anilines is 1. The Balaban J connectivity index is 1.52. The summed E-state index contributed by atoms with van der Waals surface area (Å²) in [6, 6.07) is 3.97. The fraction of sp³-hybridized carbons (Fsp3) is 0.533. The molecule has 0 aliphatic heterocycles. The van der Waals surface area contributed by atoms with E-state index in [-0.39, 0.29) is 0 Å². The number of fused-ring (bicyclic) bond motifs is 2. The van der Waals surface area contributed by atoms with Gasteiger partial charge in [-0.3, -0.25) is 0 Å². The van der Waals surface area contributed by atoms with E-state index in [0.29, 0.717) is 12.5 Å². The predicted octanol–water partition coefficient (Wildman–Crippen LogP) is 3.10. The van der Waals surface area contributed by atoms with E-state index in [1.54, 1.807) is 0 Å². The van der Waals surface area contributed by atoms with E-state index >= 15 is 0 Å². The summed E-state index contributed by atoms with van der Waals surface area (Å²) < 4.78 is 5.33. The SMILES string of the molecule is CCOc1ccc(NCC2CC3C=CC2C3)cn1. The molecule has 1 saturated carbocycles. The molecule has 0 aromatic carbocycles. The lowest BCUT2D eigenvalue weighted by molar-refractivity contribution is 0.327. The van der Waals surface area contributed by atoms with Crippen molar-refractivity contribution in [1.82, 2.24) is 4.98 Å². The molecule has 1 aromatic heterocycles. The molecular weight excluding hydrogens is 224 g/mol. The van der Waals surface area contributed by atoms with Gasteiger partial charge in [0.2, 0.25) is 5.88 Å². The number of rotatable bonds is 5. The zero-order valence-corrected chi connectivity index (χ0v) is 10.8. The summed E-state index contributed by atoms with van der Waals surface area (Å²) in [7, 11) is 0. The average molecular weight is 244 g/mol. The van der Waals surface area contributed by atoms with Crippen LogP contribution in [-0.2, 0) is 0 Å². The fourth-order valence-corrected chi connectivity index (χ4v) is 3.10. The lowest BCUT2D eigenvalue weighted by atomic mass is 9.93. The first kappa shape index (κ1) is 11.6. The van der Waals surface area contributed by atoms with E-state index in [0.717, 1.165) is 30.0 Å². The quantitative estimate of drug-likeness (QED) is 0.808. The van der Waals surface area contributed by atoms with Gasteiger partial charge >= 0.3 is 0 Å². The number of allylic oxidation sites excluding steroid dienone is 2. The highest BCUT2D eigenvalue weighted by Crippen LogP contribution is 2.43. The smallest absolute Gasteiger partial charge is 0.213 e. The van der Waals surface area contributed by atoms with Gasteiger partial charge in [0.15, 0.2) is 0 Å². The molecule has 3 rings (SSSR count). The second-order valence-corrected chi connectivity index (χ2v) is 5.24. The first-order chi connectivity index (χ1) is 8.85. The summed E-state index contributed by atoms with van der Waals surface area (Å²) in [6.45, 7) is 3.69. The van der Waals surface area contributed by atoms with Crippen molar-refractivity contribution in [2.24, 2.45) is 17.8 Å². The van der Waals surface area contributed by atoms with Crippen LogP contribution in [0.15, 0.2) is 30.5 Å². The second-order valence-electron chi connectivity index (χ2n) is 5.24. The topological polar surface area (TPSA) is 34.1 Å². The Morgan fingerprint density at radius 1 is 1.33 bits per heavy atom. The molecule has 1 N–H and O–H groups in total. The van der Waals surface area contributed by atoms with E-state index in [2.05, 4.69) is 22.5 Å². The summed E-state index contributed by atoms with van der Waals surface area (Å²) in [5, 5.41) is 3.49. The van der Waals surface area contributed by atoms with Crippen LogP contribution in [0.2, 0.25) is 0 Å². The monoisotopic (exact) mass is 244 g/mol. The van der Waals surface area contributed by atoms with E-state index in [4.69, 9.17) is 4.74 Å². The van der Waals surface area contributed by atoms with Crippen molar-refractivity contribution in [2.75, 3.05) is 18.5 Å². The first-order valence-corrected chi connectivity index (χ1v) is 6.86. The van der Waals surface area contributed by atoms with Crippen LogP contribution in [0.4, 0.5) is 5.69 Å². The van der Waals surface area contributed by atoms with Crippen LogP contribution in [0.5, 0.6) is 5.88 Å². The van der Waals surface area contributed by atoms with Crippen LogP contribution in [0.1, 0.15) is 19.8 Å². The third-order valence-electron chi connectivity index (χ3n) is 4.01. The molecule has 3 atom stereocenters. The van der Waals surface area contributed by atoms with Crippen LogP contribution in [0, 0.1) is 17.8 Å². The third kappa shape index (κ3) is 2.35. The molecule has 1 fully saturated rings. The summed E-state index contributed by atoms with van der Waals surface area (Å²) in [4.78, 5) is 4.26. The average Bonchev–Trinajstić information content (AvgIpc) is 3.00. The Bertz CT molecular complexity index is 427. The van der Waals surface area contributed by atoms with Gasteiger partial charge < -0.3 is 10.1 Å². The minimum Gasteiger partial charge on any atom is -0.478 e. The normalized spacial score (nSPS) is 28.6. The summed E-state index contributed by atoms with van der Waals surface area (Å²) in [5.41, 5.74) is 1.09. The van der Waals surface area contributed by atoms with Gasteiger partial charge in [0.05, 0.1) is 18.5 Å². The highest BCUT2D eigenvalue weighted by molar-refractivity contribution is 5.42. The molecule has 3 nitrogen and oxygen atoms in total. The molecule has 0 saturated heterocycles.